The van der Waals surface area contributed by atoms with E-state index in [4.69, 9.17) is 0 Å². The number of para-hydroxylation sites is 1. The van der Waals surface area contributed by atoms with Crippen molar-refractivity contribution >= 4 is 11.9 Å². The van der Waals surface area contributed by atoms with Gasteiger partial charge in [0, 0.05) is 6.21 Å². The van der Waals surface area contributed by atoms with Gasteiger partial charge in [-0.05, 0) is 43.7 Å². The second-order valence-corrected chi connectivity index (χ2v) is 4.56. The van der Waals surface area contributed by atoms with Crippen LogP contribution in [0.1, 0.15) is 36.8 Å². The predicted octanol–water partition coefficient (Wildman–Crippen LogP) is 4.20. The van der Waals surface area contributed by atoms with E-state index in [-0.39, 0.29) is 0 Å². The van der Waals surface area contributed by atoms with Gasteiger partial charge in [-0.3, -0.25) is 4.99 Å². The van der Waals surface area contributed by atoms with E-state index < -0.39 is 0 Å². The van der Waals surface area contributed by atoms with Crippen LogP contribution in [-0.2, 0) is 0 Å². The van der Waals surface area contributed by atoms with Crippen LogP contribution in [0.15, 0.2) is 23.2 Å². The SMILES string of the molecule is Cc1cccc(C)c1N=CC1CCCC1. The van der Waals surface area contributed by atoms with Gasteiger partial charge in [0.2, 0.25) is 0 Å². The first kappa shape index (κ1) is 10.4. The molecule has 1 aliphatic rings. The maximum Gasteiger partial charge on any atom is 0.0684 e. The van der Waals surface area contributed by atoms with Crippen molar-refractivity contribution in [2.75, 3.05) is 0 Å². The molecular formula is C14H19N. The highest BCUT2D eigenvalue weighted by atomic mass is 14.7. The molecule has 0 spiro atoms. The Morgan fingerprint density at radius 3 is 2.33 bits per heavy atom. The zero-order chi connectivity index (χ0) is 10.7. The molecule has 15 heavy (non-hydrogen) atoms. The number of rotatable bonds is 2. The molecule has 0 aromatic heterocycles. The molecule has 0 unspecified atom stereocenters. The first-order chi connectivity index (χ1) is 7.27. The molecule has 1 nitrogen and oxygen atoms in total. The fourth-order valence-corrected chi connectivity index (χ4v) is 2.30. The van der Waals surface area contributed by atoms with Gasteiger partial charge in [-0.2, -0.15) is 0 Å². The van der Waals surface area contributed by atoms with Gasteiger partial charge in [0.15, 0.2) is 0 Å². The highest BCUT2D eigenvalue weighted by Crippen LogP contribution is 2.26. The second kappa shape index (κ2) is 4.61. The van der Waals surface area contributed by atoms with Gasteiger partial charge < -0.3 is 0 Å². The van der Waals surface area contributed by atoms with E-state index >= 15 is 0 Å². The molecule has 0 radical (unpaired) electrons. The van der Waals surface area contributed by atoms with E-state index in [0.29, 0.717) is 0 Å². The van der Waals surface area contributed by atoms with E-state index in [1.54, 1.807) is 0 Å². The minimum atomic E-state index is 0.726. The highest BCUT2D eigenvalue weighted by molar-refractivity contribution is 5.68. The van der Waals surface area contributed by atoms with Crippen LogP contribution in [0.25, 0.3) is 0 Å². The molecule has 0 bridgehead atoms. The van der Waals surface area contributed by atoms with Crippen molar-refractivity contribution in [1.29, 1.82) is 0 Å². The number of benzene rings is 1. The van der Waals surface area contributed by atoms with Gasteiger partial charge in [-0.1, -0.05) is 31.0 Å². The van der Waals surface area contributed by atoms with Crippen molar-refractivity contribution in [3.8, 4) is 0 Å². The Balaban J connectivity index is 2.15. The van der Waals surface area contributed by atoms with Gasteiger partial charge >= 0.3 is 0 Å². The average molecular weight is 201 g/mol. The van der Waals surface area contributed by atoms with Crippen LogP contribution < -0.4 is 0 Å². The van der Waals surface area contributed by atoms with Crippen molar-refractivity contribution in [2.24, 2.45) is 10.9 Å². The Morgan fingerprint density at radius 2 is 1.73 bits per heavy atom. The van der Waals surface area contributed by atoms with Crippen LogP contribution in [0.5, 0.6) is 0 Å². The van der Waals surface area contributed by atoms with E-state index in [9.17, 15) is 0 Å². The average Bonchev–Trinajstić information content (AvgIpc) is 2.70. The van der Waals surface area contributed by atoms with Crippen molar-refractivity contribution in [3.05, 3.63) is 29.3 Å². The number of hydrogen-bond acceptors (Lipinski definition) is 1. The molecular weight excluding hydrogens is 182 g/mol. The third-order valence-electron chi connectivity index (χ3n) is 3.25. The lowest BCUT2D eigenvalue weighted by molar-refractivity contribution is 0.744. The Hall–Kier alpha value is -1.11. The lowest BCUT2D eigenvalue weighted by atomic mass is 10.1. The molecule has 1 saturated carbocycles. The van der Waals surface area contributed by atoms with Crippen molar-refractivity contribution < 1.29 is 0 Å². The molecule has 2 rings (SSSR count). The number of aliphatic imine (C=N–C) groups is 1. The lowest BCUT2D eigenvalue weighted by Gasteiger charge is -2.05. The molecule has 1 aromatic rings. The maximum atomic E-state index is 4.66. The molecule has 1 aliphatic carbocycles. The summed E-state index contributed by atoms with van der Waals surface area (Å²) in [5.41, 5.74) is 3.73. The van der Waals surface area contributed by atoms with E-state index in [2.05, 4.69) is 43.3 Å². The largest absolute Gasteiger partial charge is 0.260 e. The van der Waals surface area contributed by atoms with E-state index in [1.807, 2.05) is 0 Å². The minimum absolute atomic E-state index is 0.726. The normalized spacial score (nSPS) is 17.7. The van der Waals surface area contributed by atoms with Gasteiger partial charge in [0.1, 0.15) is 0 Å². The zero-order valence-corrected chi connectivity index (χ0v) is 9.66. The molecule has 0 N–H and O–H groups in total. The van der Waals surface area contributed by atoms with Crippen LogP contribution in [0.3, 0.4) is 0 Å². The molecule has 0 aliphatic heterocycles. The molecule has 0 amide bonds. The monoisotopic (exact) mass is 201 g/mol. The van der Waals surface area contributed by atoms with Gasteiger partial charge in [-0.25, -0.2) is 0 Å². The smallest absolute Gasteiger partial charge is 0.0684 e. The molecule has 0 saturated heterocycles. The lowest BCUT2D eigenvalue weighted by Crippen LogP contribution is -1.93. The third-order valence-corrected chi connectivity index (χ3v) is 3.25. The predicted molar refractivity (Wildman–Crippen MR) is 66.0 cm³/mol. The molecule has 1 aromatic carbocycles. The van der Waals surface area contributed by atoms with Crippen molar-refractivity contribution in [1.82, 2.24) is 0 Å². The molecule has 1 heteroatoms. The quantitative estimate of drug-likeness (QED) is 0.636. The Labute approximate surface area is 92.2 Å². The molecule has 0 heterocycles. The van der Waals surface area contributed by atoms with Crippen LogP contribution in [-0.4, -0.2) is 6.21 Å². The summed E-state index contributed by atoms with van der Waals surface area (Å²) in [6.45, 7) is 4.27. The highest BCUT2D eigenvalue weighted by Gasteiger charge is 2.12. The maximum absolute atomic E-state index is 4.66. The summed E-state index contributed by atoms with van der Waals surface area (Å²) in [6, 6.07) is 6.36. The number of nitrogens with zero attached hydrogens (tertiary/aromatic N) is 1. The van der Waals surface area contributed by atoms with Gasteiger partial charge in [-0.15, -0.1) is 0 Å². The van der Waals surface area contributed by atoms with Crippen molar-refractivity contribution in [3.63, 3.8) is 0 Å². The summed E-state index contributed by atoms with van der Waals surface area (Å²) in [5.74, 6) is 0.726. The van der Waals surface area contributed by atoms with Crippen LogP contribution in [0.2, 0.25) is 0 Å². The third kappa shape index (κ3) is 2.47. The minimum Gasteiger partial charge on any atom is -0.260 e. The first-order valence-electron chi connectivity index (χ1n) is 5.88. The summed E-state index contributed by atoms with van der Waals surface area (Å²) in [4.78, 5) is 4.66. The Kier molecular flexibility index (Phi) is 3.20. The van der Waals surface area contributed by atoms with Crippen LogP contribution in [0, 0.1) is 19.8 Å². The van der Waals surface area contributed by atoms with Crippen LogP contribution in [0.4, 0.5) is 5.69 Å². The fourth-order valence-electron chi connectivity index (χ4n) is 2.30. The zero-order valence-electron chi connectivity index (χ0n) is 9.66. The Morgan fingerprint density at radius 1 is 1.13 bits per heavy atom. The number of aryl methyl sites for hydroxylation is 2. The van der Waals surface area contributed by atoms with Gasteiger partial charge in [0.05, 0.1) is 5.69 Å². The standard InChI is InChI=1S/C14H19N/c1-11-6-5-7-12(2)14(11)15-10-13-8-3-4-9-13/h5-7,10,13H,3-4,8-9H2,1-2H3. The first-order valence-corrected chi connectivity index (χ1v) is 5.88. The molecule has 0 atom stereocenters. The van der Waals surface area contributed by atoms with Crippen LogP contribution >= 0.6 is 0 Å². The second-order valence-electron chi connectivity index (χ2n) is 4.56. The fraction of sp³-hybridized carbons (Fsp3) is 0.500. The Bertz CT molecular complexity index is 339. The number of hydrogen-bond donors (Lipinski definition) is 0. The molecule has 1 fully saturated rings. The summed E-state index contributed by atoms with van der Waals surface area (Å²) in [5, 5.41) is 0. The van der Waals surface area contributed by atoms with Crippen molar-refractivity contribution in [2.45, 2.75) is 39.5 Å². The van der Waals surface area contributed by atoms with E-state index in [1.165, 1.54) is 42.5 Å². The van der Waals surface area contributed by atoms with E-state index in [0.717, 1.165) is 5.92 Å². The molecule has 80 valence electrons. The summed E-state index contributed by atoms with van der Waals surface area (Å²) in [7, 11) is 0. The summed E-state index contributed by atoms with van der Waals surface area (Å²) >= 11 is 0. The van der Waals surface area contributed by atoms with Gasteiger partial charge in [0.25, 0.3) is 0 Å². The summed E-state index contributed by atoms with van der Waals surface area (Å²) in [6.07, 6.45) is 7.58. The topological polar surface area (TPSA) is 12.4 Å². The summed E-state index contributed by atoms with van der Waals surface area (Å²) < 4.78 is 0.